The molecule has 0 saturated carbocycles. The maximum atomic E-state index is 12.0. The lowest BCUT2D eigenvalue weighted by molar-refractivity contribution is -0.122. The lowest BCUT2D eigenvalue weighted by Crippen LogP contribution is -2.30. The molecule has 0 saturated heterocycles. The molecule has 0 fully saturated rings. The smallest absolute Gasteiger partial charge is 0.265 e. The first-order chi connectivity index (χ1) is 10.1. The Morgan fingerprint density at radius 1 is 1.14 bits per heavy atom. The SMILES string of the molecule is Cc1ccc(NC(=O)[C@@H](C)Oc2ccc(C#N)cc2)cc1. The predicted molar refractivity (Wildman–Crippen MR) is 81.1 cm³/mol. The number of anilines is 1. The molecule has 1 N–H and O–H groups in total. The van der Waals surface area contributed by atoms with Crippen LogP contribution in [-0.4, -0.2) is 12.0 Å². The van der Waals surface area contributed by atoms with Crippen LogP contribution in [0.3, 0.4) is 0 Å². The summed E-state index contributed by atoms with van der Waals surface area (Å²) in [6.45, 7) is 3.67. The first kappa shape index (κ1) is 14.6. The highest BCUT2D eigenvalue weighted by molar-refractivity contribution is 5.94. The van der Waals surface area contributed by atoms with E-state index in [0.29, 0.717) is 11.3 Å². The molecular formula is C17H16N2O2. The van der Waals surface area contributed by atoms with Crippen LogP contribution in [0.4, 0.5) is 5.69 Å². The van der Waals surface area contributed by atoms with Crippen molar-refractivity contribution in [2.24, 2.45) is 0 Å². The molecule has 0 radical (unpaired) electrons. The van der Waals surface area contributed by atoms with Gasteiger partial charge in [-0.1, -0.05) is 17.7 Å². The number of nitriles is 1. The molecule has 4 heteroatoms. The molecule has 0 aliphatic heterocycles. The normalized spacial score (nSPS) is 11.3. The summed E-state index contributed by atoms with van der Waals surface area (Å²) in [4.78, 5) is 12.0. The number of ether oxygens (including phenoxy) is 1. The molecule has 1 atom stereocenters. The van der Waals surface area contributed by atoms with Gasteiger partial charge in [-0.25, -0.2) is 0 Å². The van der Waals surface area contributed by atoms with Crippen LogP contribution >= 0.6 is 0 Å². The van der Waals surface area contributed by atoms with E-state index in [1.54, 1.807) is 31.2 Å². The van der Waals surface area contributed by atoms with E-state index in [-0.39, 0.29) is 5.91 Å². The Labute approximate surface area is 124 Å². The summed E-state index contributed by atoms with van der Waals surface area (Å²) in [6.07, 6.45) is -0.626. The van der Waals surface area contributed by atoms with Gasteiger partial charge in [-0.05, 0) is 50.2 Å². The summed E-state index contributed by atoms with van der Waals surface area (Å²) < 4.78 is 5.55. The molecule has 2 aromatic carbocycles. The molecule has 2 rings (SSSR count). The molecule has 0 bridgehead atoms. The van der Waals surface area contributed by atoms with Crippen LogP contribution in [0.25, 0.3) is 0 Å². The van der Waals surface area contributed by atoms with Gasteiger partial charge in [-0.3, -0.25) is 4.79 Å². The van der Waals surface area contributed by atoms with E-state index in [2.05, 4.69) is 5.32 Å². The number of hydrogen-bond acceptors (Lipinski definition) is 3. The van der Waals surface area contributed by atoms with Crippen molar-refractivity contribution in [1.29, 1.82) is 5.26 Å². The maximum Gasteiger partial charge on any atom is 0.265 e. The van der Waals surface area contributed by atoms with Gasteiger partial charge in [0.05, 0.1) is 11.6 Å². The fourth-order valence-corrected chi connectivity index (χ4v) is 1.75. The third-order valence-electron chi connectivity index (χ3n) is 2.98. The number of nitrogens with one attached hydrogen (secondary N) is 1. The summed E-state index contributed by atoms with van der Waals surface area (Å²) in [5.41, 5.74) is 2.43. The fourth-order valence-electron chi connectivity index (χ4n) is 1.75. The minimum Gasteiger partial charge on any atom is -0.481 e. The highest BCUT2D eigenvalue weighted by atomic mass is 16.5. The average Bonchev–Trinajstić information content (AvgIpc) is 2.50. The first-order valence-electron chi connectivity index (χ1n) is 6.63. The Kier molecular flexibility index (Phi) is 4.57. The third kappa shape index (κ3) is 4.08. The molecule has 0 aromatic heterocycles. The van der Waals surface area contributed by atoms with Crippen molar-refractivity contribution in [2.75, 3.05) is 5.32 Å². The molecule has 0 unspecified atom stereocenters. The van der Waals surface area contributed by atoms with Crippen LogP contribution in [0.5, 0.6) is 5.75 Å². The Hall–Kier alpha value is -2.80. The highest BCUT2D eigenvalue weighted by Gasteiger charge is 2.14. The molecule has 4 nitrogen and oxygen atoms in total. The fraction of sp³-hybridized carbons (Fsp3) is 0.176. The second-order valence-corrected chi connectivity index (χ2v) is 4.75. The van der Waals surface area contributed by atoms with Crippen LogP contribution in [0.1, 0.15) is 18.1 Å². The predicted octanol–water partition coefficient (Wildman–Crippen LogP) is 3.27. The number of carbonyl (C=O) groups is 1. The Balaban J connectivity index is 1.95. The van der Waals surface area contributed by atoms with Gasteiger partial charge in [0.1, 0.15) is 5.75 Å². The molecule has 0 heterocycles. The van der Waals surface area contributed by atoms with E-state index in [9.17, 15) is 4.79 Å². The van der Waals surface area contributed by atoms with E-state index >= 15 is 0 Å². The van der Waals surface area contributed by atoms with Gasteiger partial charge in [-0.2, -0.15) is 5.26 Å². The number of amides is 1. The number of rotatable bonds is 4. The Morgan fingerprint density at radius 3 is 2.33 bits per heavy atom. The summed E-state index contributed by atoms with van der Waals surface area (Å²) in [5, 5.41) is 11.5. The van der Waals surface area contributed by atoms with Gasteiger partial charge >= 0.3 is 0 Å². The van der Waals surface area contributed by atoms with Crippen molar-refractivity contribution in [1.82, 2.24) is 0 Å². The van der Waals surface area contributed by atoms with Gasteiger partial charge < -0.3 is 10.1 Å². The minimum atomic E-state index is -0.626. The van der Waals surface area contributed by atoms with Crippen molar-refractivity contribution >= 4 is 11.6 Å². The standard InChI is InChI=1S/C17H16N2O2/c1-12-3-7-15(8-4-12)19-17(20)13(2)21-16-9-5-14(11-18)6-10-16/h3-10,13H,1-2H3,(H,19,20)/t13-/m1/s1. The van der Waals surface area contributed by atoms with Gasteiger partial charge in [0.25, 0.3) is 5.91 Å². The van der Waals surface area contributed by atoms with Crippen LogP contribution in [0.2, 0.25) is 0 Å². The zero-order chi connectivity index (χ0) is 15.2. The highest BCUT2D eigenvalue weighted by Crippen LogP contribution is 2.15. The lowest BCUT2D eigenvalue weighted by atomic mass is 10.2. The molecule has 0 aliphatic rings. The van der Waals surface area contributed by atoms with Gasteiger partial charge in [0.2, 0.25) is 0 Å². The molecular weight excluding hydrogens is 264 g/mol. The van der Waals surface area contributed by atoms with Crippen molar-refractivity contribution in [3.05, 3.63) is 59.7 Å². The van der Waals surface area contributed by atoms with Gasteiger partial charge in [-0.15, -0.1) is 0 Å². The summed E-state index contributed by atoms with van der Waals surface area (Å²) in [6, 6.07) is 16.2. The summed E-state index contributed by atoms with van der Waals surface area (Å²) in [5.74, 6) is 0.337. The van der Waals surface area contributed by atoms with Gasteiger partial charge in [0, 0.05) is 5.69 Å². The molecule has 0 spiro atoms. The largest absolute Gasteiger partial charge is 0.481 e. The van der Waals surface area contributed by atoms with Crippen molar-refractivity contribution in [3.8, 4) is 11.8 Å². The minimum absolute atomic E-state index is 0.219. The van der Waals surface area contributed by atoms with E-state index in [1.807, 2.05) is 37.3 Å². The van der Waals surface area contributed by atoms with E-state index in [4.69, 9.17) is 10.00 Å². The summed E-state index contributed by atoms with van der Waals surface area (Å²) in [7, 11) is 0. The number of carbonyl (C=O) groups excluding carboxylic acids is 1. The zero-order valence-corrected chi connectivity index (χ0v) is 12.0. The van der Waals surface area contributed by atoms with Crippen molar-refractivity contribution in [2.45, 2.75) is 20.0 Å². The third-order valence-corrected chi connectivity index (χ3v) is 2.98. The molecule has 106 valence electrons. The quantitative estimate of drug-likeness (QED) is 0.935. The number of aryl methyl sites for hydroxylation is 1. The van der Waals surface area contributed by atoms with Crippen LogP contribution < -0.4 is 10.1 Å². The average molecular weight is 280 g/mol. The maximum absolute atomic E-state index is 12.0. The number of hydrogen-bond donors (Lipinski definition) is 1. The Bertz CT molecular complexity index is 655. The second kappa shape index (κ2) is 6.58. The van der Waals surface area contributed by atoms with Gasteiger partial charge in [0.15, 0.2) is 6.10 Å². The van der Waals surface area contributed by atoms with Crippen LogP contribution in [0, 0.1) is 18.3 Å². The van der Waals surface area contributed by atoms with Crippen LogP contribution in [-0.2, 0) is 4.79 Å². The molecule has 0 aliphatic carbocycles. The van der Waals surface area contributed by atoms with Crippen molar-refractivity contribution in [3.63, 3.8) is 0 Å². The first-order valence-corrected chi connectivity index (χ1v) is 6.63. The number of benzene rings is 2. The second-order valence-electron chi connectivity index (χ2n) is 4.75. The topological polar surface area (TPSA) is 62.1 Å². The molecule has 2 aromatic rings. The van der Waals surface area contributed by atoms with E-state index in [1.165, 1.54) is 0 Å². The van der Waals surface area contributed by atoms with E-state index in [0.717, 1.165) is 11.3 Å². The number of nitrogens with zero attached hydrogens (tertiary/aromatic N) is 1. The monoisotopic (exact) mass is 280 g/mol. The van der Waals surface area contributed by atoms with Crippen molar-refractivity contribution < 1.29 is 9.53 Å². The lowest BCUT2D eigenvalue weighted by Gasteiger charge is -2.14. The Morgan fingerprint density at radius 2 is 1.76 bits per heavy atom. The molecule has 21 heavy (non-hydrogen) atoms. The zero-order valence-electron chi connectivity index (χ0n) is 12.0. The van der Waals surface area contributed by atoms with Crippen LogP contribution in [0.15, 0.2) is 48.5 Å². The molecule has 1 amide bonds. The summed E-state index contributed by atoms with van der Waals surface area (Å²) >= 11 is 0. The van der Waals surface area contributed by atoms with E-state index < -0.39 is 6.10 Å².